The van der Waals surface area contributed by atoms with Gasteiger partial charge < -0.3 is 29.2 Å². The van der Waals surface area contributed by atoms with Crippen molar-refractivity contribution in [2.45, 2.75) is 44.6 Å². The molecule has 0 saturated carbocycles. The average molecular weight is 290 g/mol. The predicted octanol–water partition coefficient (Wildman–Crippen LogP) is 0.323. The Morgan fingerprint density at radius 2 is 2.05 bits per heavy atom. The highest BCUT2D eigenvalue weighted by Gasteiger charge is 2.42. The number of aliphatic hydroxyl groups is 2. The van der Waals surface area contributed by atoms with E-state index in [2.05, 4.69) is 6.58 Å². The van der Waals surface area contributed by atoms with Crippen LogP contribution >= 0.6 is 0 Å². The van der Waals surface area contributed by atoms with Crippen LogP contribution in [-0.2, 0) is 18.9 Å². The van der Waals surface area contributed by atoms with Gasteiger partial charge in [0.15, 0.2) is 6.29 Å². The smallest absolute Gasteiger partial charge is 0.186 e. The Balaban J connectivity index is 2.44. The van der Waals surface area contributed by atoms with E-state index in [0.29, 0.717) is 6.61 Å². The van der Waals surface area contributed by atoms with Crippen LogP contribution in [0.15, 0.2) is 12.7 Å². The Labute approximate surface area is 120 Å². The number of ether oxygens (including phenoxy) is 4. The lowest BCUT2D eigenvalue weighted by molar-refractivity contribution is -0.286. The van der Waals surface area contributed by atoms with E-state index in [4.69, 9.17) is 18.9 Å². The molecule has 5 unspecified atom stereocenters. The molecule has 0 radical (unpaired) electrons. The van der Waals surface area contributed by atoms with Crippen LogP contribution in [0.3, 0.4) is 0 Å². The van der Waals surface area contributed by atoms with E-state index in [1.54, 1.807) is 6.08 Å². The van der Waals surface area contributed by atoms with Crippen LogP contribution in [0, 0.1) is 5.92 Å². The SMILES string of the molecule is C=CCOCC(O)COC1C(OC)OC(C)[C@@H](C)C1O. The van der Waals surface area contributed by atoms with Gasteiger partial charge in [0.25, 0.3) is 0 Å². The molecule has 0 spiro atoms. The molecule has 1 aliphatic rings. The molecule has 1 saturated heterocycles. The minimum Gasteiger partial charge on any atom is -0.390 e. The third kappa shape index (κ3) is 4.80. The molecular weight excluding hydrogens is 264 g/mol. The second kappa shape index (κ2) is 8.71. The van der Waals surface area contributed by atoms with Crippen LogP contribution in [0.2, 0.25) is 0 Å². The van der Waals surface area contributed by atoms with Gasteiger partial charge in [0.05, 0.1) is 32.0 Å². The van der Waals surface area contributed by atoms with E-state index in [1.807, 2.05) is 13.8 Å². The summed E-state index contributed by atoms with van der Waals surface area (Å²) in [5.74, 6) is -0.0689. The summed E-state index contributed by atoms with van der Waals surface area (Å²) in [6.45, 7) is 7.87. The zero-order valence-corrected chi connectivity index (χ0v) is 12.4. The van der Waals surface area contributed by atoms with Crippen LogP contribution in [0.25, 0.3) is 0 Å². The van der Waals surface area contributed by atoms with Crippen molar-refractivity contribution < 1.29 is 29.2 Å². The summed E-state index contributed by atoms with van der Waals surface area (Å²) < 4.78 is 21.5. The topological polar surface area (TPSA) is 77.4 Å². The van der Waals surface area contributed by atoms with Crippen LogP contribution in [0.4, 0.5) is 0 Å². The maximum absolute atomic E-state index is 10.2. The van der Waals surface area contributed by atoms with E-state index in [0.717, 1.165) is 0 Å². The fourth-order valence-electron chi connectivity index (χ4n) is 2.08. The molecule has 2 N–H and O–H groups in total. The highest BCUT2D eigenvalue weighted by Crippen LogP contribution is 2.28. The molecular formula is C14H26O6. The quantitative estimate of drug-likeness (QED) is 0.495. The predicted molar refractivity (Wildman–Crippen MR) is 73.3 cm³/mol. The summed E-state index contributed by atoms with van der Waals surface area (Å²) in [5, 5.41) is 19.9. The standard InChI is InChI=1S/C14H26O6/c1-5-6-18-7-11(15)8-19-13-12(16)9(2)10(3)20-14(13)17-4/h5,9-16H,1,6-8H2,2-4H3/t9-,10?,11?,12?,13?,14?/m1/s1. The van der Waals surface area contributed by atoms with Gasteiger partial charge >= 0.3 is 0 Å². The highest BCUT2D eigenvalue weighted by atomic mass is 16.7. The molecule has 118 valence electrons. The minimum absolute atomic E-state index is 0.0448. The van der Waals surface area contributed by atoms with E-state index in [9.17, 15) is 10.2 Å². The Kier molecular flexibility index (Phi) is 7.65. The van der Waals surface area contributed by atoms with Gasteiger partial charge in [-0.2, -0.15) is 0 Å². The average Bonchev–Trinajstić information content (AvgIpc) is 2.43. The van der Waals surface area contributed by atoms with Crippen molar-refractivity contribution in [1.29, 1.82) is 0 Å². The highest BCUT2D eigenvalue weighted by molar-refractivity contribution is 4.86. The van der Waals surface area contributed by atoms with Gasteiger partial charge in [-0.15, -0.1) is 6.58 Å². The zero-order valence-electron chi connectivity index (χ0n) is 12.4. The Morgan fingerprint density at radius 3 is 2.65 bits per heavy atom. The second-order valence-corrected chi connectivity index (χ2v) is 5.07. The molecule has 6 heteroatoms. The van der Waals surface area contributed by atoms with Crippen molar-refractivity contribution in [3.8, 4) is 0 Å². The van der Waals surface area contributed by atoms with Crippen molar-refractivity contribution in [2.75, 3.05) is 26.9 Å². The summed E-state index contributed by atoms with van der Waals surface area (Å²) in [4.78, 5) is 0. The number of methoxy groups -OCH3 is 1. The first kappa shape index (κ1) is 17.6. The Morgan fingerprint density at radius 1 is 1.35 bits per heavy atom. The molecule has 1 aliphatic heterocycles. The van der Waals surface area contributed by atoms with Gasteiger partial charge in [0.2, 0.25) is 0 Å². The molecule has 0 amide bonds. The van der Waals surface area contributed by atoms with E-state index in [-0.39, 0.29) is 25.2 Å². The summed E-state index contributed by atoms with van der Waals surface area (Å²) in [5.41, 5.74) is 0. The molecule has 0 aromatic carbocycles. The lowest BCUT2D eigenvalue weighted by atomic mass is 9.91. The number of aliphatic hydroxyl groups excluding tert-OH is 2. The van der Waals surface area contributed by atoms with Crippen LogP contribution < -0.4 is 0 Å². The fraction of sp³-hybridized carbons (Fsp3) is 0.857. The summed E-state index contributed by atoms with van der Waals surface area (Å²) in [6.07, 6.45) is -1.25. The molecule has 6 atom stereocenters. The van der Waals surface area contributed by atoms with Gasteiger partial charge in [-0.25, -0.2) is 0 Å². The lowest BCUT2D eigenvalue weighted by Crippen LogP contribution is -2.55. The molecule has 1 fully saturated rings. The summed E-state index contributed by atoms with van der Waals surface area (Å²) in [6, 6.07) is 0. The molecule has 1 heterocycles. The van der Waals surface area contributed by atoms with Gasteiger partial charge in [-0.3, -0.25) is 0 Å². The monoisotopic (exact) mass is 290 g/mol. The third-order valence-electron chi connectivity index (χ3n) is 3.49. The molecule has 0 aliphatic carbocycles. The number of hydrogen-bond acceptors (Lipinski definition) is 6. The first-order valence-corrected chi connectivity index (χ1v) is 6.85. The normalized spacial score (nSPS) is 35.8. The van der Waals surface area contributed by atoms with Gasteiger partial charge in [-0.1, -0.05) is 13.0 Å². The summed E-state index contributed by atoms with van der Waals surface area (Å²) in [7, 11) is 1.50. The minimum atomic E-state index is -0.769. The van der Waals surface area contributed by atoms with Crippen LogP contribution in [0.1, 0.15) is 13.8 Å². The molecule has 6 nitrogen and oxygen atoms in total. The van der Waals surface area contributed by atoms with E-state index >= 15 is 0 Å². The lowest BCUT2D eigenvalue weighted by Gasteiger charge is -2.41. The van der Waals surface area contributed by atoms with E-state index in [1.165, 1.54) is 7.11 Å². The third-order valence-corrected chi connectivity index (χ3v) is 3.49. The molecule has 0 bridgehead atoms. The first-order chi connectivity index (χ1) is 9.51. The fourth-order valence-corrected chi connectivity index (χ4v) is 2.08. The van der Waals surface area contributed by atoms with Crippen molar-refractivity contribution in [2.24, 2.45) is 5.92 Å². The maximum atomic E-state index is 10.2. The molecule has 0 aromatic heterocycles. The second-order valence-electron chi connectivity index (χ2n) is 5.07. The van der Waals surface area contributed by atoms with Gasteiger partial charge in [0.1, 0.15) is 12.2 Å². The van der Waals surface area contributed by atoms with Crippen LogP contribution in [0.5, 0.6) is 0 Å². The Bertz CT molecular complexity index is 283. The molecule has 1 rings (SSSR count). The summed E-state index contributed by atoms with van der Waals surface area (Å²) >= 11 is 0. The number of hydrogen-bond donors (Lipinski definition) is 2. The first-order valence-electron chi connectivity index (χ1n) is 6.85. The Hall–Kier alpha value is -0.500. The maximum Gasteiger partial charge on any atom is 0.186 e. The van der Waals surface area contributed by atoms with Crippen molar-refractivity contribution in [3.05, 3.63) is 12.7 Å². The molecule has 0 aromatic rings. The van der Waals surface area contributed by atoms with Gasteiger partial charge in [-0.05, 0) is 6.92 Å². The molecule has 20 heavy (non-hydrogen) atoms. The number of rotatable bonds is 8. The van der Waals surface area contributed by atoms with Crippen molar-refractivity contribution >= 4 is 0 Å². The largest absolute Gasteiger partial charge is 0.390 e. The van der Waals surface area contributed by atoms with E-state index < -0.39 is 24.6 Å². The van der Waals surface area contributed by atoms with Crippen molar-refractivity contribution in [1.82, 2.24) is 0 Å². The van der Waals surface area contributed by atoms with Crippen molar-refractivity contribution in [3.63, 3.8) is 0 Å². The van der Waals surface area contributed by atoms with Gasteiger partial charge in [0, 0.05) is 13.0 Å². The van der Waals surface area contributed by atoms with Crippen LogP contribution in [-0.4, -0.2) is 67.8 Å². The zero-order chi connectivity index (χ0) is 15.1.